The molecule has 0 heterocycles. The maximum absolute atomic E-state index is 13.1. The van der Waals surface area contributed by atoms with E-state index in [1.807, 2.05) is 32.0 Å². The van der Waals surface area contributed by atoms with Crippen LogP contribution < -0.4 is 4.74 Å². The molecule has 1 atom stereocenters. The summed E-state index contributed by atoms with van der Waals surface area (Å²) in [4.78, 5) is 30.5. The second-order valence-corrected chi connectivity index (χ2v) is 7.34. The lowest BCUT2D eigenvalue weighted by atomic mass is 9.79. The summed E-state index contributed by atoms with van der Waals surface area (Å²) >= 11 is 0. The minimum atomic E-state index is -1.84. The van der Waals surface area contributed by atoms with Crippen molar-refractivity contribution in [3.63, 3.8) is 0 Å². The number of rotatable bonds is 6. The molecular formula is C25H22O6. The van der Waals surface area contributed by atoms with Crippen molar-refractivity contribution in [1.82, 2.24) is 0 Å². The highest BCUT2D eigenvalue weighted by Crippen LogP contribution is 2.43. The van der Waals surface area contributed by atoms with Crippen LogP contribution in [0.4, 0.5) is 0 Å². The van der Waals surface area contributed by atoms with Crippen molar-refractivity contribution in [3.05, 3.63) is 100 Å². The highest BCUT2D eigenvalue weighted by atomic mass is 17.1. The van der Waals surface area contributed by atoms with Gasteiger partial charge in [-0.05, 0) is 36.6 Å². The number of hydrogen-bond acceptors (Lipinski definition) is 6. The van der Waals surface area contributed by atoms with Gasteiger partial charge in [-0.25, -0.2) is 10.1 Å². The van der Waals surface area contributed by atoms with Crippen LogP contribution in [-0.2, 0) is 26.6 Å². The molecule has 3 aromatic carbocycles. The van der Waals surface area contributed by atoms with Crippen molar-refractivity contribution in [1.29, 1.82) is 0 Å². The number of aryl methyl sites for hydroxylation is 2. The van der Waals surface area contributed by atoms with Crippen molar-refractivity contribution in [3.8, 4) is 5.75 Å². The van der Waals surface area contributed by atoms with E-state index in [1.54, 1.807) is 48.5 Å². The number of hydrogen-bond donors (Lipinski definition) is 1. The van der Waals surface area contributed by atoms with E-state index in [9.17, 15) is 14.8 Å². The van der Waals surface area contributed by atoms with E-state index in [4.69, 9.17) is 14.4 Å². The third-order valence-corrected chi connectivity index (χ3v) is 5.46. The molecule has 31 heavy (non-hydrogen) atoms. The standard InChI is InChI=1S/C25H22O6/c1-3-17-12-13-21-19(14-17)24(27)18-9-5-6-10-20(18)25(21,31-28)29-15-23(26)30-22-11-7-4-8-16(22)2/h4-14,28H,3,15H2,1-2H3. The summed E-state index contributed by atoms with van der Waals surface area (Å²) in [5, 5.41) is 10.0. The van der Waals surface area contributed by atoms with Crippen LogP contribution in [0.25, 0.3) is 0 Å². The van der Waals surface area contributed by atoms with Gasteiger partial charge in [0.15, 0.2) is 5.78 Å². The Hall–Kier alpha value is -3.32. The Labute approximate surface area is 179 Å². The fourth-order valence-electron chi connectivity index (χ4n) is 3.81. The Kier molecular flexibility index (Phi) is 5.69. The molecular weight excluding hydrogens is 396 g/mol. The van der Waals surface area contributed by atoms with E-state index in [-0.39, 0.29) is 5.78 Å². The first kappa shape index (κ1) is 20.9. The number of fused-ring (bicyclic) bond motifs is 2. The molecule has 0 amide bonds. The largest absolute Gasteiger partial charge is 0.425 e. The van der Waals surface area contributed by atoms with E-state index in [1.165, 1.54) is 0 Å². The van der Waals surface area contributed by atoms with Crippen LogP contribution in [0, 0.1) is 6.92 Å². The predicted molar refractivity (Wildman–Crippen MR) is 113 cm³/mol. The minimum absolute atomic E-state index is 0.195. The Morgan fingerprint density at radius 3 is 2.42 bits per heavy atom. The lowest BCUT2D eigenvalue weighted by Crippen LogP contribution is -2.41. The third kappa shape index (κ3) is 3.65. The number of ketones is 1. The first-order chi connectivity index (χ1) is 15.0. The highest BCUT2D eigenvalue weighted by Gasteiger charge is 2.47. The number of benzene rings is 3. The fourth-order valence-corrected chi connectivity index (χ4v) is 3.81. The second kappa shape index (κ2) is 8.43. The summed E-state index contributed by atoms with van der Waals surface area (Å²) in [6.45, 7) is 3.30. The number of para-hydroxylation sites is 1. The Bertz CT molecular complexity index is 1150. The average Bonchev–Trinajstić information content (AvgIpc) is 2.81. The Morgan fingerprint density at radius 2 is 1.68 bits per heavy atom. The van der Waals surface area contributed by atoms with Gasteiger partial charge in [0.05, 0.1) is 0 Å². The third-order valence-electron chi connectivity index (χ3n) is 5.46. The SMILES string of the molecule is CCc1ccc2c(c1)C(=O)c1ccccc1C2(OO)OCC(=O)Oc1ccccc1C. The number of ether oxygens (including phenoxy) is 2. The van der Waals surface area contributed by atoms with Gasteiger partial charge in [0, 0.05) is 22.3 Å². The molecule has 6 nitrogen and oxygen atoms in total. The van der Waals surface area contributed by atoms with E-state index >= 15 is 0 Å². The number of esters is 1. The minimum Gasteiger partial charge on any atom is -0.425 e. The Morgan fingerprint density at radius 1 is 0.968 bits per heavy atom. The summed E-state index contributed by atoms with van der Waals surface area (Å²) in [6.07, 6.45) is 0.735. The molecule has 0 spiro atoms. The smallest absolute Gasteiger partial charge is 0.337 e. The van der Waals surface area contributed by atoms with E-state index in [2.05, 4.69) is 0 Å². The molecule has 0 aliphatic heterocycles. The van der Waals surface area contributed by atoms with Gasteiger partial charge >= 0.3 is 5.97 Å². The van der Waals surface area contributed by atoms with Crippen LogP contribution >= 0.6 is 0 Å². The zero-order valence-electron chi connectivity index (χ0n) is 17.3. The van der Waals surface area contributed by atoms with Crippen molar-refractivity contribution < 1.29 is 29.2 Å². The number of carbonyl (C=O) groups is 2. The summed E-state index contributed by atoms with van der Waals surface area (Å²) in [5.41, 5.74) is 3.11. The van der Waals surface area contributed by atoms with Gasteiger partial charge in [-0.1, -0.05) is 61.5 Å². The summed E-state index contributed by atoms with van der Waals surface area (Å²) < 4.78 is 11.3. The quantitative estimate of drug-likeness (QED) is 0.210. The topological polar surface area (TPSA) is 82.1 Å². The zero-order valence-corrected chi connectivity index (χ0v) is 17.3. The van der Waals surface area contributed by atoms with E-state index < -0.39 is 18.4 Å². The summed E-state index contributed by atoms with van der Waals surface area (Å²) in [5.74, 6) is -2.27. The zero-order chi connectivity index (χ0) is 22.0. The molecule has 0 bridgehead atoms. The van der Waals surface area contributed by atoms with Gasteiger partial charge in [-0.3, -0.25) is 4.79 Å². The highest BCUT2D eigenvalue weighted by molar-refractivity contribution is 6.13. The van der Waals surface area contributed by atoms with Gasteiger partial charge in [-0.15, -0.1) is 0 Å². The van der Waals surface area contributed by atoms with Crippen molar-refractivity contribution in [2.45, 2.75) is 26.1 Å². The van der Waals surface area contributed by atoms with Crippen LogP contribution in [0.1, 0.15) is 45.1 Å². The van der Waals surface area contributed by atoms with Crippen molar-refractivity contribution in [2.24, 2.45) is 0 Å². The summed E-state index contributed by atoms with van der Waals surface area (Å²) in [7, 11) is 0. The van der Waals surface area contributed by atoms with E-state index in [0.29, 0.717) is 28.0 Å². The molecule has 0 saturated carbocycles. The van der Waals surface area contributed by atoms with Gasteiger partial charge in [0.25, 0.3) is 5.79 Å². The molecule has 1 aliphatic rings. The van der Waals surface area contributed by atoms with E-state index in [0.717, 1.165) is 17.5 Å². The van der Waals surface area contributed by atoms with Crippen LogP contribution in [-0.4, -0.2) is 23.6 Å². The van der Waals surface area contributed by atoms with Crippen LogP contribution in [0.2, 0.25) is 0 Å². The summed E-state index contributed by atoms with van der Waals surface area (Å²) in [6, 6.07) is 19.1. The maximum Gasteiger partial charge on any atom is 0.337 e. The number of carbonyl (C=O) groups excluding carboxylic acids is 2. The Balaban J connectivity index is 1.71. The predicted octanol–water partition coefficient (Wildman–Crippen LogP) is 4.41. The van der Waals surface area contributed by atoms with Gasteiger partial charge < -0.3 is 9.47 Å². The second-order valence-electron chi connectivity index (χ2n) is 7.34. The fraction of sp³-hybridized carbons (Fsp3) is 0.200. The normalized spacial score (nSPS) is 17.1. The first-order valence-electron chi connectivity index (χ1n) is 10.0. The van der Waals surface area contributed by atoms with Crippen LogP contribution in [0.3, 0.4) is 0 Å². The first-order valence-corrected chi connectivity index (χ1v) is 10.0. The monoisotopic (exact) mass is 418 g/mol. The molecule has 6 heteroatoms. The van der Waals surface area contributed by atoms with Crippen LogP contribution in [0.5, 0.6) is 5.75 Å². The molecule has 3 aromatic rings. The van der Waals surface area contributed by atoms with Crippen molar-refractivity contribution in [2.75, 3.05) is 6.61 Å². The lowest BCUT2D eigenvalue weighted by molar-refractivity contribution is -0.394. The molecule has 4 rings (SSSR count). The van der Waals surface area contributed by atoms with Gasteiger partial charge in [-0.2, -0.15) is 4.89 Å². The average molecular weight is 418 g/mol. The maximum atomic E-state index is 13.1. The molecule has 158 valence electrons. The molecule has 1 N–H and O–H groups in total. The molecule has 1 unspecified atom stereocenters. The molecule has 1 aliphatic carbocycles. The van der Waals surface area contributed by atoms with Crippen LogP contribution in [0.15, 0.2) is 66.7 Å². The lowest BCUT2D eigenvalue weighted by Gasteiger charge is -2.36. The van der Waals surface area contributed by atoms with Crippen molar-refractivity contribution >= 4 is 11.8 Å². The molecule has 0 fully saturated rings. The molecule has 0 radical (unpaired) electrons. The van der Waals surface area contributed by atoms with Gasteiger partial charge in [0.2, 0.25) is 0 Å². The molecule has 0 aromatic heterocycles. The molecule has 0 saturated heterocycles. The van der Waals surface area contributed by atoms with Gasteiger partial charge in [0.1, 0.15) is 12.4 Å².